The molecule has 0 saturated heterocycles. The Labute approximate surface area is 140 Å². The fourth-order valence-corrected chi connectivity index (χ4v) is 2.75. The average molecular weight is 329 g/mol. The van der Waals surface area contributed by atoms with E-state index in [-0.39, 0.29) is 24.4 Å². The number of hydrogen-bond donors (Lipinski definition) is 1. The lowest BCUT2D eigenvalue weighted by Crippen LogP contribution is -2.20. The summed E-state index contributed by atoms with van der Waals surface area (Å²) in [6, 6.07) is 13.3. The third-order valence-electron chi connectivity index (χ3n) is 3.92. The second kappa shape index (κ2) is 7.81. The number of carbonyl (C=O) groups is 1. The van der Waals surface area contributed by atoms with Crippen molar-refractivity contribution in [2.75, 3.05) is 11.9 Å². The molecule has 4 nitrogen and oxygen atoms in total. The van der Waals surface area contributed by atoms with Crippen molar-refractivity contribution in [1.82, 2.24) is 0 Å². The minimum Gasteiger partial charge on any atom is -0.490 e. The van der Waals surface area contributed by atoms with Crippen LogP contribution in [-0.4, -0.2) is 18.6 Å². The number of para-hydroxylation sites is 1. The van der Waals surface area contributed by atoms with Crippen molar-refractivity contribution < 1.29 is 18.7 Å². The molecule has 24 heavy (non-hydrogen) atoms. The lowest BCUT2D eigenvalue weighted by molar-refractivity contribution is -0.118. The highest BCUT2D eigenvalue weighted by atomic mass is 19.1. The Hall–Kier alpha value is -2.56. The molecule has 0 bridgehead atoms. The number of anilines is 1. The predicted molar refractivity (Wildman–Crippen MR) is 89.9 cm³/mol. The molecule has 0 aliphatic heterocycles. The van der Waals surface area contributed by atoms with Gasteiger partial charge in [0.2, 0.25) is 0 Å². The average Bonchev–Trinajstić information content (AvgIpc) is 3.07. The van der Waals surface area contributed by atoms with E-state index in [1.165, 1.54) is 25.0 Å². The molecule has 1 saturated carbocycles. The van der Waals surface area contributed by atoms with Gasteiger partial charge in [0.25, 0.3) is 5.91 Å². The number of rotatable bonds is 6. The van der Waals surface area contributed by atoms with Gasteiger partial charge in [-0.25, -0.2) is 4.39 Å². The van der Waals surface area contributed by atoms with Crippen molar-refractivity contribution in [3.63, 3.8) is 0 Å². The molecule has 5 heteroatoms. The molecule has 1 aliphatic rings. The molecule has 2 aromatic carbocycles. The molecule has 0 atom stereocenters. The summed E-state index contributed by atoms with van der Waals surface area (Å²) in [5.41, 5.74) is 0.632. The van der Waals surface area contributed by atoms with Crippen LogP contribution in [0.3, 0.4) is 0 Å². The highest BCUT2D eigenvalue weighted by Gasteiger charge is 2.16. The van der Waals surface area contributed by atoms with Crippen LogP contribution < -0.4 is 14.8 Å². The monoisotopic (exact) mass is 329 g/mol. The van der Waals surface area contributed by atoms with Crippen LogP contribution in [0.15, 0.2) is 48.5 Å². The SMILES string of the molecule is O=C(COc1ccccc1F)Nc1cccc(OC2CCCC2)c1. The minimum atomic E-state index is -0.489. The Morgan fingerprint density at radius 2 is 1.92 bits per heavy atom. The van der Waals surface area contributed by atoms with Gasteiger partial charge >= 0.3 is 0 Å². The molecule has 1 N–H and O–H groups in total. The number of halogens is 1. The lowest BCUT2D eigenvalue weighted by atomic mass is 10.2. The van der Waals surface area contributed by atoms with Crippen LogP contribution in [0, 0.1) is 5.82 Å². The summed E-state index contributed by atoms with van der Waals surface area (Å²) in [5, 5.41) is 2.73. The van der Waals surface area contributed by atoms with Gasteiger partial charge in [-0.2, -0.15) is 0 Å². The van der Waals surface area contributed by atoms with E-state index in [0.717, 1.165) is 18.6 Å². The number of amides is 1. The lowest BCUT2D eigenvalue weighted by Gasteiger charge is -2.14. The first-order valence-electron chi connectivity index (χ1n) is 8.14. The van der Waals surface area contributed by atoms with E-state index < -0.39 is 5.82 Å². The fraction of sp³-hybridized carbons (Fsp3) is 0.316. The zero-order chi connectivity index (χ0) is 16.8. The summed E-state index contributed by atoms with van der Waals surface area (Å²) in [5.74, 6) is -0.0331. The first kappa shape index (κ1) is 16.3. The number of hydrogen-bond acceptors (Lipinski definition) is 3. The molecule has 2 aromatic rings. The van der Waals surface area contributed by atoms with Crippen LogP contribution in [0.4, 0.5) is 10.1 Å². The number of benzene rings is 2. The highest BCUT2D eigenvalue weighted by molar-refractivity contribution is 5.92. The largest absolute Gasteiger partial charge is 0.490 e. The summed E-state index contributed by atoms with van der Waals surface area (Å²) in [6.07, 6.45) is 4.82. The zero-order valence-electron chi connectivity index (χ0n) is 13.3. The molecular formula is C19H20FNO3. The quantitative estimate of drug-likeness (QED) is 0.865. The van der Waals surface area contributed by atoms with Crippen molar-refractivity contribution in [3.8, 4) is 11.5 Å². The topological polar surface area (TPSA) is 47.6 Å². The van der Waals surface area contributed by atoms with E-state index in [1.54, 1.807) is 24.3 Å². The number of carbonyl (C=O) groups excluding carboxylic acids is 1. The first-order chi connectivity index (χ1) is 11.7. The van der Waals surface area contributed by atoms with Gasteiger partial charge in [0.1, 0.15) is 5.75 Å². The van der Waals surface area contributed by atoms with Gasteiger partial charge < -0.3 is 14.8 Å². The maximum absolute atomic E-state index is 13.4. The maximum atomic E-state index is 13.4. The van der Waals surface area contributed by atoms with Gasteiger partial charge in [0.15, 0.2) is 18.2 Å². The summed E-state index contributed by atoms with van der Waals surface area (Å²) in [4.78, 5) is 12.0. The molecular weight excluding hydrogens is 309 g/mol. The minimum absolute atomic E-state index is 0.0611. The fourth-order valence-electron chi connectivity index (χ4n) is 2.75. The predicted octanol–water partition coefficient (Wildman–Crippen LogP) is 4.16. The molecule has 1 amide bonds. The second-order valence-corrected chi connectivity index (χ2v) is 5.82. The van der Waals surface area contributed by atoms with Crippen molar-refractivity contribution in [2.24, 2.45) is 0 Å². The Bertz CT molecular complexity index is 699. The van der Waals surface area contributed by atoms with Crippen molar-refractivity contribution in [1.29, 1.82) is 0 Å². The Kier molecular flexibility index (Phi) is 5.31. The van der Waals surface area contributed by atoms with Crippen molar-refractivity contribution in [2.45, 2.75) is 31.8 Å². The summed E-state index contributed by atoms with van der Waals surface area (Å²) >= 11 is 0. The summed E-state index contributed by atoms with van der Waals surface area (Å²) in [6.45, 7) is -0.255. The van der Waals surface area contributed by atoms with Crippen molar-refractivity contribution in [3.05, 3.63) is 54.3 Å². The van der Waals surface area contributed by atoms with E-state index >= 15 is 0 Å². The van der Waals surface area contributed by atoms with Gasteiger partial charge in [-0.1, -0.05) is 18.2 Å². The molecule has 1 aliphatic carbocycles. The van der Waals surface area contributed by atoms with E-state index in [0.29, 0.717) is 5.69 Å². The van der Waals surface area contributed by atoms with Gasteiger partial charge in [-0.15, -0.1) is 0 Å². The van der Waals surface area contributed by atoms with Gasteiger partial charge in [-0.3, -0.25) is 4.79 Å². The zero-order valence-corrected chi connectivity index (χ0v) is 13.3. The number of nitrogens with one attached hydrogen (secondary N) is 1. The molecule has 0 spiro atoms. The van der Waals surface area contributed by atoms with Crippen LogP contribution in [0.5, 0.6) is 11.5 Å². The molecule has 126 valence electrons. The molecule has 0 radical (unpaired) electrons. The highest BCUT2D eigenvalue weighted by Crippen LogP contribution is 2.25. The smallest absolute Gasteiger partial charge is 0.262 e. The summed E-state index contributed by atoms with van der Waals surface area (Å²) < 4.78 is 24.5. The second-order valence-electron chi connectivity index (χ2n) is 5.82. The van der Waals surface area contributed by atoms with Crippen LogP contribution in [0.2, 0.25) is 0 Å². The van der Waals surface area contributed by atoms with Crippen LogP contribution in [-0.2, 0) is 4.79 Å². The van der Waals surface area contributed by atoms with E-state index in [4.69, 9.17) is 9.47 Å². The van der Waals surface area contributed by atoms with Gasteiger partial charge in [0.05, 0.1) is 6.10 Å². The summed E-state index contributed by atoms with van der Waals surface area (Å²) in [7, 11) is 0. The molecule has 1 fully saturated rings. The molecule has 3 rings (SSSR count). The third kappa shape index (κ3) is 4.47. The van der Waals surface area contributed by atoms with E-state index in [1.807, 2.05) is 12.1 Å². The third-order valence-corrected chi connectivity index (χ3v) is 3.92. The molecule has 0 unspecified atom stereocenters. The Morgan fingerprint density at radius 1 is 1.12 bits per heavy atom. The normalized spacial score (nSPS) is 14.4. The maximum Gasteiger partial charge on any atom is 0.262 e. The molecule has 0 heterocycles. The van der Waals surface area contributed by atoms with Crippen LogP contribution >= 0.6 is 0 Å². The van der Waals surface area contributed by atoms with Crippen LogP contribution in [0.25, 0.3) is 0 Å². The van der Waals surface area contributed by atoms with Crippen molar-refractivity contribution >= 4 is 11.6 Å². The van der Waals surface area contributed by atoms with E-state index in [9.17, 15) is 9.18 Å². The Morgan fingerprint density at radius 3 is 2.71 bits per heavy atom. The standard InChI is InChI=1S/C19H20FNO3/c20-17-10-3-4-11-18(17)23-13-19(22)21-14-6-5-9-16(12-14)24-15-7-1-2-8-15/h3-6,9-12,15H,1-2,7-8,13H2,(H,21,22). The number of ether oxygens (including phenoxy) is 2. The van der Waals surface area contributed by atoms with Gasteiger partial charge in [-0.05, 0) is 49.9 Å². The van der Waals surface area contributed by atoms with Crippen LogP contribution in [0.1, 0.15) is 25.7 Å². The first-order valence-corrected chi connectivity index (χ1v) is 8.14. The molecule has 0 aromatic heterocycles. The van der Waals surface area contributed by atoms with E-state index in [2.05, 4.69) is 5.32 Å². The Balaban J connectivity index is 1.53. The van der Waals surface area contributed by atoms with Gasteiger partial charge in [0, 0.05) is 11.8 Å².